The molecule has 0 radical (unpaired) electrons. The number of amidine groups is 1. The third kappa shape index (κ3) is 3.79. The van der Waals surface area contributed by atoms with Crippen LogP contribution in [0, 0.1) is 0 Å². The number of fused-ring (bicyclic) bond motifs is 1. The van der Waals surface area contributed by atoms with Gasteiger partial charge in [0.15, 0.2) is 5.17 Å². The quantitative estimate of drug-likeness (QED) is 0.566. The van der Waals surface area contributed by atoms with Crippen LogP contribution in [0.15, 0.2) is 40.5 Å². The lowest BCUT2D eigenvalue weighted by Crippen LogP contribution is -2.45. The van der Waals surface area contributed by atoms with Crippen molar-refractivity contribution in [3.05, 3.63) is 46.1 Å². The van der Waals surface area contributed by atoms with Crippen molar-refractivity contribution in [2.45, 2.75) is 19.4 Å². The Hall–Kier alpha value is -1.83. The van der Waals surface area contributed by atoms with Gasteiger partial charge in [0.05, 0.1) is 23.9 Å². The number of hydrogen-bond acceptors (Lipinski definition) is 6. The van der Waals surface area contributed by atoms with E-state index in [1.807, 2.05) is 6.07 Å². The summed E-state index contributed by atoms with van der Waals surface area (Å²) >= 11 is 7.66. The first-order valence-corrected chi connectivity index (χ1v) is 9.55. The fraction of sp³-hybridized carbons (Fsp3) is 0.389. The molecular formula is C18H19ClN2O4S. The lowest BCUT2D eigenvalue weighted by atomic mass is 9.94. The molecule has 138 valence electrons. The second kappa shape index (κ2) is 8.24. The van der Waals surface area contributed by atoms with E-state index in [1.165, 1.54) is 18.9 Å². The normalized spacial score (nSPS) is 20.0. The van der Waals surface area contributed by atoms with Gasteiger partial charge in [0.25, 0.3) is 0 Å². The first-order valence-electron chi connectivity index (χ1n) is 8.18. The summed E-state index contributed by atoms with van der Waals surface area (Å²) in [6.45, 7) is 2.19. The van der Waals surface area contributed by atoms with Crippen LogP contribution in [0.3, 0.4) is 0 Å². The second-order valence-electron chi connectivity index (χ2n) is 5.84. The smallest absolute Gasteiger partial charge is 0.338 e. The molecule has 1 amide bonds. The van der Waals surface area contributed by atoms with Crippen LogP contribution in [0.1, 0.15) is 24.9 Å². The number of aliphatic imine (C=N–C) groups is 1. The van der Waals surface area contributed by atoms with Crippen LogP contribution in [0.5, 0.6) is 0 Å². The van der Waals surface area contributed by atoms with E-state index in [2.05, 4.69) is 4.99 Å². The molecule has 2 aliphatic rings. The largest absolute Gasteiger partial charge is 0.460 e. The average Bonchev–Trinajstić information content (AvgIpc) is 2.61. The van der Waals surface area contributed by atoms with E-state index in [9.17, 15) is 9.59 Å². The van der Waals surface area contributed by atoms with Crippen molar-refractivity contribution in [1.82, 2.24) is 4.90 Å². The number of halogens is 1. The van der Waals surface area contributed by atoms with Crippen LogP contribution in [0.25, 0.3) is 0 Å². The zero-order chi connectivity index (χ0) is 18.7. The SMILES string of the molecule is COCCOC(=O)C1=C(C)N=C2SCCC(=O)N2C1c1cccc(Cl)c1. The van der Waals surface area contributed by atoms with Gasteiger partial charge < -0.3 is 9.47 Å². The minimum absolute atomic E-state index is 0.0674. The predicted molar refractivity (Wildman–Crippen MR) is 101 cm³/mol. The van der Waals surface area contributed by atoms with E-state index in [-0.39, 0.29) is 12.5 Å². The van der Waals surface area contributed by atoms with Gasteiger partial charge in [0, 0.05) is 24.3 Å². The number of carbonyl (C=O) groups excluding carboxylic acids is 2. The standard InChI is InChI=1S/C18H19ClN2O4S/c1-11-15(17(23)25-8-7-24-2)16(12-4-3-5-13(19)10-12)21-14(22)6-9-26-18(21)20-11/h3-5,10,16H,6-9H2,1-2H3. The number of rotatable bonds is 5. The van der Waals surface area contributed by atoms with Gasteiger partial charge in [-0.3, -0.25) is 9.69 Å². The van der Waals surface area contributed by atoms with Gasteiger partial charge in [-0.15, -0.1) is 0 Å². The minimum atomic E-state index is -0.600. The van der Waals surface area contributed by atoms with E-state index >= 15 is 0 Å². The molecule has 8 heteroatoms. The third-order valence-corrected chi connectivity index (χ3v) is 5.30. The molecule has 1 saturated heterocycles. The Morgan fingerprint density at radius 3 is 2.96 bits per heavy atom. The highest BCUT2D eigenvalue weighted by atomic mass is 35.5. The van der Waals surface area contributed by atoms with Crippen LogP contribution in [-0.4, -0.2) is 48.0 Å². The molecule has 3 rings (SSSR count). The monoisotopic (exact) mass is 394 g/mol. The fourth-order valence-electron chi connectivity index (χ4n) is 2.94. The summed E-state index contributed by atoms with van der Waals surface area (Å²) in [5.74, 6) is 0.106. The number of esters is 1. The summed E-state index contributed by atoms with van der Waals surface area (Å²) in [4.78, 5) is 31.5. The van der Waals surface area contributed by atoms with Crippen LogP contribution in [-0.2, 0) is 19.1 Å². The summed E-state index contributed by atoms with van der Waals surface area (Å²) in [6, 6.07) is 6.56. The molecule has 0 bridgehead atoms. The summed E-state index contributed by atoms with van der Waals surface area (Å²) in [7, 11) is 1.54. The van der Waals surface area contributed by atoms with Crippen molar-refractivity contribution in [2.24, 2.45) is 4.99 Å². The van der Waals surface area contributed by atoms with Gasteiger partial charge in [0.1, 0.15) is 6.61 Å². The first kappa shape index (κ1) is 18.9. The fourth-order valence-corrected chi connectivity index (χ4v) is 4.15. The Labute approximate surface area is 161 Å². The molecule has 2 aliphatic heterocycles. The minimum Gasteiger partial charge on any atom is -0.460 e. The highest BCUT2D eigenvalue weighted by Crippen LogP contribution is 2.40. The Kier molecular flexibility index (Phi) is 6.01. The lowest BCUT2D eigenvalue weighted by molar-refractivity contribution is -0.141. The Morgan fingerprint density at radius 2 is 2.23 bits per heavy atom. The Bertz CT molecular complexity index is 793. The topological polar surface area (TPSA) is 68.2 Å². The second-order valence-corrected chi connectivity index (χ2v) is 7.34. The predicted octanol–water partition coefficient (Wildman–Crippen LogP) is 3.18. The van der Waals surface area contributed by atoms with E-state index < -0.39 is 12.0 Å². The molecule has 26 heavy (non-hydrogen) atoms. The Morgan fingerprint density at radius 1 is 1.42 bits per heavy atom. The number of carbonyl (C=O) groups is 2. The zero-order valence-electron chi connectivity index (χ0n) is 14.5. The number of allylic oxidation sites excluding steroid dienone is 1. The number of hydrogen-bond donors (Lipinski definition) is 0. The van der Waals surface area contributed by atoms with Crippen LogP contribution in [0.2, 0.25) is 5.02 Å². The maximum atomic E-state index is 12.8. The van der Waals surface area contributed by atoms with Gasteiger partial charge in [0.2, 0.25) is 5.91 Å². The number of methoxy groups -OCH3 is 1. The molecule has 6 nitrogen and oxygen atoms in total. The number of nitrogens with zero attached hydrogens (tertiary/aromatic N) is 2. The number of ether oxygens (including phenoxy) is 2. The van der Waals surface area contributed by atoms with Crippen molar-refractivity contribution >= 4 is 40.4 Å². The van der Waals surface area contributed by atoms with Crippen molar-refractivity contribution in [2.75, 3.05) is 26.1 Å². The van der Waals surface area contributed by atoms with Crippen molar-refractivity contribution in [3.63, 3.8) is 0 Å². The molecular weight excluding hydrogens is 376 g/mol. The summed E-state index contributed by atoms with van der Waals surface area (Å²) in [6.07, 6.45) is 0.395. The molecule has 0 N–H and O–H groups in total. The van der Waals surface area contributed by atoms with Crippen LogP contribution in [0.4, 0.5) is 0 Å². The van der Waals surface area contributed by atoms with Gasteiger partial charge in [-0.2, -0.15) is 0 Å². The summed E-state index contributed by atoms with van der Waals surface area (Å²) in [5, 5.41) is 1.14. The van der Waals surface area contributed by atoms with Crippen LogP contribution >= 0.6 is 23.4 Å². The highest BCUT2D eigenvalue weighted by molar-refractivity contribution is 8.14. The molecule has 2 heterocycles. The summed E-state index contributed by atoms with van der Waals surface area (Å²) in [5.41, 5.74) is 1.65. The molecule has 0 saturated carbocycles. The van der Waals surface area contributed by atoms with E-state index in [4.69, 9.17) is 21.1 Å². The summed E-state index contributed by atoms with van der Waals surface area (Å²) < 4.78 is 10.3. The highest BCUT2D eigenvalue weighted by Gasteiger charge is 2.41. The van der Waals surface area contributed by atoms with Crippen molar-refractivity contribution in [3.8, 4) is 0 Å². The molecule has 0 aromatic heterocycles. The van der Waals surface area contributed by atoms with Crippen molar-refractivity contribution in [1.29, 1.82) is 0 Å². The lowest BCUT2D eigenvalue weighted by Gasteiger charge is -2.38. The van der Waals surface area contributed by atoms with E-state index in [0.717, 1.165) is 5.56 Å². The maximum Gasteiger partial charge on any atom is 0.338 e. The first-order chi connectivity index (χ1) is 12.5. The molecule has 1 fully saturated rings. The van der Waals surface area contributed by atoms with Crippen LogP contribution < -0.4 is 0 Å². The Balaban J connectivity index is 2.05. The van der Waals surface area contributed by atoms with Gasteiger partial charge >= 0.3 is 5.97 Å². The van der Waals surface area contributed by atoms with Crippen molar-refractivity contribution < 1.29 is 19.1 Å². The number of thioether (sulfide) groups is 1. The third-order valence-electron chi connectivity index (χ3n) is 4.11. The number of amides is 1. The van der Waals surface area contributed by atoms with E-state index in [0.29, 0.717) is 40.2 Å². The maximum absolute atomic E-state index is 12.8. The van der Waals surface area contributed by atoms with Gasteiger partial charge in [-0.05, 0) is 24.6 Å². The average molecular weight is 395 g/mol. The molecule has 1 atom stereocenters. The zero-order valence-corrected chi connectivity index (χ0v) is 16.1. The molecule has 1 unspecified atom stereocenters. The molecule has 0 spiro atoms. The molecule has 1 aromatic rings. The number of benzene rings is 1. The van der Waals surface area contributed by atoms with Gasteiger partial charge in [-0.1, -0.05) is 35.5 Å². The molecule has 1 aromatic carbocycles. The van der Waals surface area contributed by atoms with Gasteiger partial charge in [-0.25, -0.2) is 9.79 Å². The van der Waals surface area contributed by atoms with E-state index in [1.54, 1.807) is 30.0 Å². The molecule has 0 aliphatic carbocycles.